The Labute approximate surface area is 110 Å². The van der Waals surface area contributed by atoms with E-state index in [1.165, 1.54) is 12.1 Å². The molecule has 0 aliphatic carbocycles. The molecule has 0 heterocycles. The molecule has 94 valence electrons. The fourth-order valence-corrected chi connectivity index (χ4v) is 1.91. The molecule has 4 heteroatoms. The van der Waals surface area contributed by atoms with Crippen molar-refractivity contribution in [3.05, 3.63) is 64.4 Å². The van der Waals surface area contributed by atoms with Gasteiger partial charge in [0.1, 0.15) is 18.2 Å². The quantitative estimate of drug-likeness (QED) is 0.918. The molecular formula is C14H13ClFNO. The van der Waals surface area contributed by atoms with Crippen LogP contribution in [0.3, 0.4) is 0 Å². The van der Waals surface area contributed by atoms with E-state index in [1.807, 2.05) is 12.1 Å². The molecule has 0 aliphatic heterocycles. The number of nitrogens with two attached hydrogens (primary N) is 1. The predicted molar refractivity (Wildman–Crippen MR) is 70.1 cm³/mol. The smallest absolute Gasteiger partial charge is 0.142 e. The zero-order valence-corrected chi connectivity index (χ0v) is 10.5. The lowest BCUT2D eigenvalue weighted by Gasteiger charge is -2.12. The first-order chi connectivity index (χ1) is 8.70. The fourth-order valence-electron chi connectivity index (χ4n) is 1.66. The Balaban J connectivity index is 2.15. The van der Waals surface area contributed by atoms with Gasteiger partial charge in [-0.1, -0.05) is 35.9 Å². The van der Waals surface area contributed by atoms with Gasteiger partial charge in [-0.3, -0.25) is 0 Å². The molecule has 0 amide bonds. The molecule has 2 rings (SSSR count). The summed E-state index contributed by atoms with van der Waals surface area (Å²) in [5, 5.41) is 0.509. The summed E-state index contributed by atoms with van der Waals surface area (Å²) >= 11 is 6.05. The van der Waals surface area contributed by atoms with Crippen LogP contribution in [-0.4, -0.2) is 0 Å². The molecule has 0 atom stereocenters. The summed E-state index contributed by atoms with van der Waals surface area (Å²) in [4.78, 5) is 0. The van der Waals surface area contributed by atoms with E-state index in [0.29, 0.717) is 17.3 Å². The Morgan fingerprint density at radius 3 is 2.67 bits per heavy atom. The van der Waals surface area contributed by atoms with Crippen molar-refractivity contribution in [1.82, 2.24) is 0 Å². The Morgan fingerprint density at radius 2 is 1.94 bits per heavy atom. The third-order valence-electron chi connectivity index (χ3n) is 2.54. The Kier molecular flexibility index (Phi) is 4.18. The van der Waals surface area contributed by atoms with Crippen LogP contribution >= 0.6 is 11.6 Å². The first-order valence-electron chi connectivity index (χ1n) is 5.55. The summed E-state index contributed by atoms with van der Waals surface area (Å²) in [6, 6.07) is 11.7. The Bertz CT molecular complexity index is 545. The van der Waals surface area contributed by atoms with Crippen molar-refractivity contribution in [3.63, 3.8) is 0 Å². The number of rotatable bonds is 4. The maximum atomic E-state index is 13.0. The average molecular weight is 266 g/mol. The lowest BCUT2D eigenvalue weighted by Crippen LogP contribution is -2.03. The largest absolute Gasteiger partial charge is 0.487 e. The lowest BCUT2D eigenvalue weighted by molar-refractivity contribution is 0.302. The van der Waals surface area contributed by atoms with E-state index in [9.17, 15) is 4.39 Å². The predicted octanol–water partition coefficient (Wildman–Crippen LogP) is 3.52. The molecule has 2 aromatic carbocycles. The van der Waals surface area contributed by atoms with Crippen LogP contribution in [0.1, 0.15) is 11.1 Å². The van der Waals surface area contributed by atoms with Gasteiger partial charge in [0.2, 0.25) is 0 Å². The van der Waals surface area contributed by atoms with E-state index in [4.69, 9.17) is 22.1 Å². The van der Waals surface area contributed by atoms with Gasteiger partial charge < -0.3 is 10.5 Å². The Hall–Kier alpha value is -1.58. The highest BCUT2D eigenvalue weighted by atomic mass is 35.5. The van der Waals surface area contributed by atoms with Crippen LogP contribution < -0.4 is 10.5 Å². The van der Waals surface area contributed by atoms with Crippen molar-refractivity contribution in [2.45, 2.75) is 13.2 Å². The van der Waals surface area contributed by atoms with E-state index in [2.05, 4.69) is 0 Å². The van der Waals surface area contributed by atoms with E-state index in [0.717, 1.165) is 11.1 Å². The molecule has 0 spiro atoms. The highest BCUT2D eigenvalue weighted by Crippen LogP contribution is 2.29. The van der Waals surface area contributed by atoms with Gasteiger partial charge >= 0.3 is 0 Å². The van der Waals surface area contributed by atoms with Crippen molar-refractivity contribution in [1.29, 1.82) is 0 Å². The van der Waals surface area contributed by atoms with E-state index in [-0.39, 0.29) is 12.4 Å². The molecule has 0 radical (unpaired) electrons. The van der Waals surface area contributed by atoms with E-state index < -0.39 is 0 Å². The maximum absolute atomic E-state index is 13.0. The zero-order valence-electron chi connectivity index (χ0n) is 9.70. The van der Waals surface area contributed by atoms with Crippen molar-refractivity contribution in [3.8, 4) is 5.75 Å². The molecule has 18 heavy (non-hydrogen) atoms. The van der Waals surface area contributed by atoms with Crippen LogP contribution in [-0.2, 0) is 13.2 Å². The molecule has 0 unspecified atom stereocenters. The third-order valence-corrected chi connectivity index (χ3v) is 2.84. The SMILES string of the molecule is NCc1cccc(Cl)c1OCc1cccc(F)c1. The molecule has 0 aliphatic rings. The van der Waals surface area contributed by atoms with Crippen molar-refractivity contribution >= 4 is 11.6 Å². The first-order valence-corrected chi connectivity index (χ1v) is 5.93. The van der Waals surface area contributed by atoms with Crippen LogP contribution in [0.5, 0.6) is 5.75 Å². The van der Waals surface area contributed by atoms with Gasteiger partial charge in [0.15, 0.2) is 0 Å². The van der Waals surface area contributed by atoms with Gasteiger partial charge in [-0.2, -0.15) is 0 Å². The molecule has 2 nitrogen and oxygen atoms in total. The molecule has 0 aromatic heterocycles. The third kappa shape index (κ3) is 3.00. The number of benzene rings is 2. The van der Waals surface area contributed by atoms with Crippen LogP contribution in [0.2, 0.25) is 5.02 Å². The van der Waals surface area contributed by atoms with Gasteiger partial charge in [0, 0.05) is 12.1 Å². The lowest BCUT2D eigenvalue weighted by atomic mass is 10.2. The average Bonchev–Trinajstić information content (AvgIpc) is 2.37. The second-order valence-electron chi connectivity index (χ2n) is 3.85. The molecule has 0 saturated heterocycles. The monoisotopic (exact) mass is 265 g/mol. The molecular weight excluding hydrogens is 253 g/mol. The fraction of sp³-hybridized carbons (Fsp3) is 0.143. The molecule has 2 aromatic rings. The summed E-state index contributed by atoms with van der Waals surface area (Å²) in [7, 11) is 0. The minimum Gasteiger partial charge on any atom is -0.487 e. The zero-order chi connectivity index (χ0) is 13.0. The van der Waals surface area contributed by atoms with Gasteiger partial charge in [-0.25, -0.2) is 4.39 Å². The van der Waals surface area contributed by atoms with Crippen molar-refractivity contribution in [2.24, 2.45) is 5.73 Å². The normalized spacial score (nSPS) is 10.4. The first kappa shape index (κ1) is 12.9. The van der Waals surface area contributed by atoms with Crippen LogP contribution in [0.4, 0.5) is 4.39 Å². The summed E-state index contributed by atoms with van der Waals surface area (Å²) in [6.45, 7) is 0.605. The van der Waals surface area contributed by atoms with Crippen LogP contribution in [0.15, 0.2) is 42.5 Å². The number of para-hydroxylation sites is 1. The summed E-state index contributed by atoms with van der Waals surface area (Å²) in [5.74, 6) is 0.278. The number of hydrogen-bond donors (Lipinski definition) is 1. The van der Waals surface area contributed by atoms with Crippen LogP contribution in [0.25, 0.3) is 0 Å². The number of ether oxygens (including phenoxy) is 1. The second kappa shape index (κ2) is 5.85. The maximum Gasteiger partial charge on any atom is 0.142 e. The number of hydrogen-bond acceptors (Lipinski definition) is 2. The topological polar surface area (TPSA) is 35.2 Å². The van der Waals surface area contributed by atoms with E-state index in [1.54, 1.807) is 18.2 Å². The van der Waals surface area contributed by atoms with Gasteiger partial charge in [0.25, 0.3) is 0 Å². The summed E-state index contributed by atoms with van der Waals surface area (Å²) in [6.07, 6.45) is 0. The highest BCUT2D eigenvalue weighted by Gasteiger charge is 2.07. The molecule has 0 fully saturated rings. The highest BCUT2D eigenvalue weighted by molar-refractivity contribution is 6.32. The molecule has 0 saturated carbocycles. The standard InChI is InChI=1S/C14H13ClFNO/c15-13-6-2-4-11(8-17)14(13)18-9-10-3-1-5-12(16)7-10/h1-7H,8-9,17H2. The van der Waals surface area contributed by atoms with Gasteiger partial charge in [-0.05, 0) is 23.8 Å². The minimum atomic E-state index is -0.283. The van der Waals surface area contributed by atoms with E-state index >= 15 is 0 Å². The molecule has 2 N–H and O–H groups in total. The van der Waals surface area contributed by atoms with Gasteiger partial charge in [0.05, 0.1) is 5.02 Å². The molecule has 0 bridgehead atoms. The summed E-state index contributed by atoms with van der Waals surface area (Å²) in [5.41, 5.74) is 7.19. The van der Waals surface area contributed by atoms with Crippen molar-refractivity contribution in [2.75, 3.05) is 0 Å². The minimum absolute atomic E-state index is 0.258. The number of halogens is 2. The van der Waals surface area contributed by atoms with Gasteiger partial charge in [-0.15, -0.1) is 0 Å². The Morgan fingerprint density at radius 1 is 1.17 bits per heavy atom. The summed E-state index contributed by atoms with van der Waals surface area (Å²) < 4.78 is 18.6. The van der Waals surface area contributed by atoms with Crippen molar-refractivity contribution < 1.29 is 9.13 Å². The van der Waals surface area contributed by atoms with Crippen LogP contribution in [0, 0.1) is 5.82 Å². The second-order valence-corrected chi connectivity index (χ2v) is 4.26.